The summed E-state index contributed by atoms with van der Waals surface area (Å²) in [6.45, 7) is 9.12. The largest absolute Gasteiger partial charge is 0.406 e. The van der Waals surface area contributed by atoms with E-state index >= 15 is 0 Å². The maximum absolute atomic E-state index is 10.1. The van der Waals surface area contributed by atoms with Crippen molar-refractivity contribution < 1.29 is 9.53 Å². The molecule has 2 aliphatic heterocycles. The molecule has 2 aromatic carbocycles. The minimum absolute atomic E-state index is 0.00733. The Balaban J connectivity index is 1.70. The number of nitrogens with zero attached hydrogens (tertiary/aromatic N) is 1. The van der Waals surface area contributed by atoms with E-state index in [1.54, 1.807) is 0 Å². The second-order valence-electron chi connectivity index (χ2n) is 9.85. The van der Waals surface area contributed by atoms with E-state index in [-0.39, 0.29) is 17.2 Å². The summed E-state index contributed by atoms with van der Waals surface area (Å²) < 4.78 is 7.16. The lowest BCUT2D eigenvalue weighted by Crippen LogP contribution is -2.67. The molecule has 0 spiro atoms. The summed E-state index contributed by atoms with van der Waals surface area (Å²) in [4.78, 5) is 2.56. The maximum Gasteiger partial charge on any atom is 0.261 e. The molecule has 0 radical (unpaired) electrons. The molecular formula is C25H35NO2Si. The van der Waals surface area contributed by atoms with Crippen LogP contribution < -0.4 is 10.4 Å². The third kappa shape index (κ3) is 3.50. The summed E-state index contributed by atoms with van der Waals surface area (Å²) >= 11 is 0. The summed E-state index contributed by atoms with van der Waals surface area (Å²) in [5.74, 6) is 0. The molecule has 29 heavy (non-hydrogen) atoms. The lowest BCUT2D eigenvalue weighted by Gasteiger charge is -2.44. The van der Waals surface area contributed by atoms with Gasteiger partial charge in [0.25, 0.3) is 8.32 Å². The van der Waals surface area contributed by atoms with Gasteiger partial charge < -0.3 is 9.53 Å². The zero-order chi connectivity index (χ0) is 20.5. The number of aliphatic hydroxyl groups is 1. The predicted octanol–water partition coefficient (Wildman–Crippen LogP) is 3.55. The molecule has 0 bridgehead atoms. The van der Waals surface area contributed by atoms with Gasteiger partial charge in [-0.05, 0) is 47.6 Å². The fourth-order valence-electron chi connectivity index (χ4n) is 5.79. The molecule has 2 aliphatic rings. The van der Waals surface area contributed by atoms with Crippen molar-refractivity contribution in [3.63, 3.8) is 0 Å². The van der Waals surface area contributed by atoms with Gasteiger partial charge in [0, 0.05) is 11.6 Å². The number of fused-ring (bicyclic) bond motifs is 1. The SMILES string of the molecule is CC(C)(C)[Si](OC[C@@H]1CC[C@@]2(CO)CCCN12)(c1ccccc1)c1ccccc1. The molecular weight excluding hydrogens is 374 g/mol. The molecule has 2 saturated heterocycles. The van der Waals surface area contributed by atoms with Crippen LogP contribution in [0.3, 0.4) is 0 Å². The van der Waals surface area contributed by atoms with Gasteiger partial charge in [-0.3, -0.25) is 4.90 Å². The van der Waals surface area contributed by atoms with Crippen LogP contribution in [0.5, 0.6) is 0 Å². The van der Waals surface area contributed by atoms with Crippen molar-refractivity contribution >= 4 is 18.7 Å². The van der Waals surface area contributed by atoms with Gasteiger partial charge in [-0.1, -0.05) is 81.4 Å². The summed E-state index contributed by atoms with van der Waals surface area (Å²) in [6.07, 6.45) is 4.53. The molecule has 156 valence electrons. The second-order valence-corrected chi connectivity index (χ2v) is 14.2. The van der Waals surface area contributed by atoms with Crippen LogP contribution in [0.2, 0.25) is 5.04 Å². The number of aliphatic hydroxyl groups excluding tert-OH is 1. The van der Waals surface area contributed by atoms with E-state index in [0.717, 1.165) is 32.4 Å². The Hall–Kier alpha value is -1.46. The number of hydrogen-bond donors (Lipinski definition) is 1. The lowest BCUT2D eigenvalue weighted by atomic mass is 9.95. The van der Waals surface area contributed by atoms with Crippen molar-refractivity contribution in [2.24, 2.45) is 0 Å². The van der Waals surface area contributed by atoms with E-state index in [2.05, 4.69) is 86.3 Å². The molecule has 2 heterocycles. The molecule has 1 N–H and O–H groups in total. The number of benzene rings is 2. The van der Waals surface area contributed by atoms with E-state index in [1.807, 2.05) is 0 Å². The van der Waals surface area contributed by atoms with Crippen LogP contribution in [-0.2, 0) is 4.43 Å². The van der Waals surface area contributed by atoms with Gasteiger partial charge in [-0.15, -0.1) is 0 Å². The molecule has 4 rings (SSSR count). The first-order valence-electron chi connectivity index (χ1n) is 11.1. The highest BCUT2D eigenvalue weighted by Crippen LogP contribution is 2.43. The minimum Gasteiger partial charge on any atom is -0.406 e. The Morgan fingerprint density at radius 1 is 1.00 bits per heavy atom. The highest BCUT2D eigenvalue weighted by Gasteiger charge is 2.53. The summed E-state index contributed by atoms with van der Waals surface area (Å²) in [5, 5.41) is 12.8. The fourth-order valence-corrected chi connectivity index (χ4v) is 10.4. The van der Waals surface area contributed by atoms with E-state index in [1.165, 1.54) is 16.8 Å². The number of rotatable bonds is 6. The highest BCUT2D eigenvalue weighted by molar-refractivity contribution is 6.99. The Labute approximate surface area is 176 Å². The van der Waals surface area contributed by atoms with Gasteiger partial charge in [-0.25, -0.2) is 0 Å². The predicted molar refractivity (Wildman–Crippen MR) is 122 cm³/mol. The van der Waals surface area contributed by atoms with Crippen molar-refractivity contribution in [1.82, 2.24) is 4.90 Å². The first-order chi connectivity index (χ1) is 13.9. The van der Waals surface area contributed by atoms with Gasteiger partial charge in [0.1, 0.15) is 0 Å². The summed E-state index contributed by atoms with van der Waals surface area (Å²) in [5.41, 5.74) is 0.0134. The zero-order valence-electron chi connectivity index (χ0n) is 18.1. The quantitative estimate of drug-likeness (QED) is 0.741. The summed E-state index contributed by atoms with van der Waals surface area (Å²) in [6, 6.07) is 22.2. The monoisotopic (exact) mass is 409 g/mol. The minimum atomic E-state index is -2.48. The maximum atomic E-state index is 10.1. The Kier molecular flexibility index (Phi) is 5.73. The van der Waals surface area contributed by atoms with Crippen LogP contribution in [0, 0.1) is 0 Å². The Morgan fingerprint density at radius 2 is 1.59 bits per heavy atom. The molecule has 0 aliphatic carbocycles. The first kappa shape index (κ1) is 20.8. The van der Waals surface area contributed by atoms with Crippen LogP contribution >= 0.6 is 0 Å². The first-order valence-corrected chi connectivity index (χ1v) is 13.0. The molecule has 2 aromatic rings. The van der Waals surface area contributed by atoms with Crippen LogP contribution in [0.4, 0.5) is 0 Å². The van der Waals surface area contributed by atoms with Crippen LogP contribution in [0.25, 0.3) is 0 Å². The molecule has 2 atom stereocenters. The standard InChI is InChI=1S/C25H35NO2Si/c1-24(2,3)29(22-11-6-4-7-12-22,23-13-8-5-9-14-23)28-19-21-15-17-25(20-27)16-10-18-26(21)25/h4-9,11-14,21,27H,10,15-20H2,1-3H3/t21-,25+/m0/s1. The van der Waals surface area contributed by atoms with Crippen LogP contribution in [-0.4, -0.2) is 49.7 Å². The van der Waals surface area contributed by atoms with E-state index in [0.29, 0.717) is 6.04 Å². The van der Waals surface area contributed by atoms with Gasteiger partial charge in [0.15, 0.2) is 0 Å². The number of hydrogen-bond acceptors (Lipinski definition) is 3. The average Bonchev–Trinajstić information content (AvgIpc) is 3.29. The van der Waals surface area contributed by atoms with Crippen LogP contribution in [0.1, 0.15) is 46.5 Å². The smallest absolute Gasteiger partial charge is 0.261 e. The molecule has 0 unspecified atom stereocenters. The molecule has 0 amide bonds. The highest BCUT2D eigenvalue weighted by atomic mass is 28.4. The molecule has 0 aromatic heterocycles. The van der Waals surface area contributed by atoms with Gasteiger partial charge >= 0.3 is 0 Å². The van der Waals surface area contributed by atoms with Crippen molar-refractivity contribution in [3.05, 3.63) is 60.7 Å². The average molecular weight is 410 g/mol. The normalized spacial score (nSPS) is 25.3. The summed E-state index contributed by atoms with van der Waals surface area (Å²) in [7, 11) is -2.48. The van der Waals surface area contributed by atoms with Crippen molar-refractivity contribution in [2.45, 2.75) is 63.1 Å². The van der Waals surface area contributed by atoms with E-state index in [4.69, 9.17) is 4.43 Å². The Bertz CT molecular complexity index is 765. The van der Waals surface area contributed by atoms with Gasteiger partial charge in [-0.2, -0.15) is 0 Å². The Morgan fingerprint density at radius 3 is 2.10 bits per heavy atom. The lowest BCUT2D eigenvalue weighted by molar-refractivity contribution is 0.0614. The zero-order valence-corrected chi connectivity index (χ0v) is 19.1. The van der Waals surface area contributed by atoms with E-state index in [9.17, 15) is 5.11 Å². The third-order valence-electron chi connectivity index (χ3n) is 7.24. The second kappa shape index (κ2) is 7.99. The van der Waals surface area contributed by atoms with E-state index < -0.39 is 8.32 Å². The topological polar surface area (TPSA) is 32.7 Å². The third-order valence-corrected chi connectivity index (χ3v) is 12.2. The van der Waals surface area contributed by atoms with Gasteiger partial charge in [0.2, 0.25) is 0 Å². The molecule has 0 saturated carbocycles. The fraction of sp³-hybridized carbons (Fsp3) is 0.520. The van der Waals surface area contributed by atoms with Crippen molar-refractivity contribution in [3.8, 4) is 0 Å². The van der Waals surface area contributed by atoms with Crippen molar-refractivity contribution in [1.29, 1.82) is 0 Å². The van der Waals surface area contributed by atoms with Gasteiger partial charge in [0.05, 0.1) is 13.2 Å². The van der Waals surface area contributed by atoms with Crippen molar-refractivity contribution in [2.75, 3.05) is 19.8 Å². The molecule has 4 heteroatoms. The van der Waals surface area contributed by atoms with Crippen LogP contribution in [0.15, 0.2) is 60.7 Å². The molecule has 2 fully saturated rings. The molecule has 3 nitrogen and oxygen atoms in total.